The van der Waals surface area contributed by atoms with Crippen LogP contribution in [0.3, 0.4) is 0 Å². The van der Waals surface area contributed by atoms with E-state index in [1.807, 2.05) is 49.9 Å². The average Bonchev–Trinajstić information content (AvgIpc) is 3.44. The summed E-state index contributed by atoms with van der Waals surface area (Å²) in [4.78, 5) is 31.1. The van der Waals surface area contributed by atoms with Gasteiger partial charge in [0.1, 0.15) is 18.9 Å². The van der Waals surface area contributed by atoms with Crippen molar-refractivity contribution in [2.45, 2.75) is 52.1 Å². The molecule has 1 aliphatic carbocycles. The largest absolute Gasteiger partial charge is 0.491 e. The summed E-state index contributed by atoms with van der Waals surface area (Å²) in [7, 11) is 0. The first-order valence-electron chi connectivity index (χ1n) is 11.5. The highest BCUT2D eigenvalue weighted by Gasteiger charge is 2.35. The predicted molar refractivity (Wildman–Crippen MR) is 127 cm³/mol. The Morgan fingerprint density at radius 2 is 2.03 bits per heavy atom. The molecule has 0 saturated heterocycles. The van der Waals surface area contributed by atoms with E-state index in [-0.39, 0.29) is 30.6 Å². The van der Waals surface area contributed by atoms with Crippen LogP contribution in [0, 0.1) is 12.8 Å². The molecule has 4 rings (SSSR count). The van der Waals surface area contributed by atoms with E-state index in [4.69, 9.17) is 4.74 Å². The molecule has 1 unspecified atom stereocenters. The molecule has 1 N–H and O–H groups in total. The van der Waals surface area contributed by atoms with Gasteiger partial charge < -0.3 is 19.9 Å². The van der Waals surface area contributed by atoms with E-state index in [1.165, 1.54) is 10.4 Å². The van der Waals surface area contributed by atoms with Gasteiger partial charge in [-0.15, -0.1) is 11.3 Å². The minimum Gasteiger partial charge on any atom is -0.491 e. The molecule has 172 valence electrons. The van der Waals surface area contributed by atoms with E-state index in [9.17, 15) is 9.59 Å². The van der Waals surface area contributed by atoms with Gasteiger partial charge in [-0.1, -0.05) is 18.2 Å². The fraction of sp³-hybridized carbons (Fsp3) is 0.520. The van der Waals surface area contributed by atoms with Crippen LogP contribution in [0.15, 0.2) is 35.7 Å². The number of rotatable bonds is 8. The Bertz CT molecular complexity index is 953. The molecule has 0 bridgehead atoms. The molecule has 2 aromatic rings. The van der Waals surface area contributed by atoms with Crippen LogP contribution in [-0.2, 0) is 11.2 Å². The molecule has 1 atom stereocenters. The Balaban J connectivity index is 1.49. The lowest BCUT2D eigenvalue weighted by atomic mass is 10.0. The number of amides is 3. The minimum atomic E-state index is -0.152. The highest BCUT2D eigenvalue weighted by atomic mass is 32.1. The van der Waals surface area contributed by atoms with Gasteiger partial charge in [-0.2, -0.15) is 0 Å². The van der Waals surface area contributed by atoms with E-state index in [2.05, 4.69) is 16.8 Å². The van der Waals surface area contributed by atoms with E-state index < -0.39 is 0 Å². The zero-order chi connectivity index (χ0) is 22.7. The first kappa shape index (κ1) is 22.6. The highest BCUT2D eigenvalue weighted by molar-refractivity contribution is 7.10. The summed E-state index contributed by atoms with van der Waals surface area (Å²) >= 11 is 1.74. The number of hydrogen-bond donors (Lipinski definition) is 1. The van der Waals surface area contributed by atoms with Crippen LogP contribution in [0.4, 0.5) is 4.79 Å². The summed E-state index contributed by atoms with van der Waals surface area (Å²) in [6.45, 7) is 7.71. The Morgan fingerprint density at radius 3 is 2.75 bits per heavy atom. The van der Waals surface area contributed by atoms with Crippen molar-refractivity contribution in [2.24, 2.45) is 5.92 Å². The molecule has 1 aromatic carbocycles. The molecule has 0 spiro atoms. The lowest BCUT2D eigenvalue weighted by molar-refractivity contribution is -0.135. The highest BCUT2D eigenvalue weighted by Crippen LogP contribution is 2.35. The lowest BCUT2D eigenvalue weighted by Gasteiger charge is -2.37. The summed E-state index contributed by atoms with van der Waals surface area (Å²) < 4.78 is 6.18. The van der Waals surface area contributed by atoms with Crippen molar-refractivity contribution in [3.63, 3.8) is 0 Å². The summed E-state index contributed by atoms with van der Waals surface area (Å²) in [6, 6.07) is 9.80. The van der Waals surface area contributed by atoms with Crippen molar-refractivity contribution in [3.8, 4) is 5.75 Å². The van der Waals surface area contributed by atoms with Gasteiger partial charge in [0.15, 0.2) is 0 Å². The third-order valence-corrected chi connectivity index (χ3v) is 7.10. The molecule has 32 heavy (non-hydrogen) atoms. The molecule has 6 nitrogen and oxygen atoms in total. The number of carbonyl (C=O) groups excluding carboxylic acids is 2. The predicted octanol–water partition coefficient (Wildman–Crippen LogP) is 4.39. The molecular formula is C25H33N3O3S. The van der Waals surface area contributed by atoms with Gasteiger partial charge in [-0.3, -0.25) is 4.79 Å². The maximum atomic E-state index is 13.5. The maximum absolute atomic E-state index is 13.5. The first-order chi connectivity index (χ1) is 15.4. The van der Waals surface area contributed by atoms with E-state index >= 15 is 0 Å². The number of urea groups is 1. The van der Waals surface area contributed by atoms with Crippen molar-refractivity contribution >= 4 is 23.3 Å². The Labute approximate surface area is 194 Å². The minimum absolute atomic E-state index is 0.0141. The van der Waals surface area contributed by atoms with Crippen molar-refractivity contribution in [3.05, 3.63) is 51.7 Å². The van der Waals surface area contributed by atoms with Gasteiger partial charge >= 0.3 is 6.03 Å². The van der Waals surface area contributed by atoms with Crippen LogP contribution in [0.25, 0.3) is 0 Å². The van der Waals surface area contributed by atoms with Crippen LogP contribution in [0.5, 0.6) is 5.75 Å². The van der Waals surface area contributed by atoms with Gasteiger partial charge in [0.05, 0.1) is 6.04 Å². The van der Waals surface area contributed by atoms with E-state index in [0.29, 0.717) is 25.6 Å². The molecule has 1 aromatic heterocycles. The number of ether oxygens (including phenoxy) is 1. The van der Waals surface area contributed by atoms with Gasteiger partial charge in [0.2, 0.25) is 5.91 Å². The third kappa shape index (κ3) is 5.44. The smallest absolute Gasteiger partial charge is 0.318 e. The van der Waals surface area contributed by atoms with Gasteiger partial charge in [0.25, 0.3) is 0 Å². The Morgan fingerprint density at radius 1 is 1.25 bits per heavy atom. The van der Waals surface area contributed by atoms with Crippen LogP contribution in [0.2, 0.25) is 0 Å². The van der Waals surface area contributed by atoms with Gasteiger partial charge in [-0.05, 0) is 74.6 Å². The normalized spacial score (nSPS) is 17.8. The average molecular weight is 456 g/mol. The molecule has 7 heteroatoms. The molecule has 1 aliphatic heterocycles. The zero-order valence-corrected chi connectivity index (χ0v) is 20.0. The molecule has 0 radical (unpaired) electrons. The maximum Gasteiger partial charge on any atom is 0.318 e. The standard InChI is InChI=1S/C25H33N3O3S/c1-17(2)26-25(30)27(14-19-8-9-19)15-24(29)28-12-10-23-20(11-13-32-23)21(28)16-31-22-7-5-4-6-18(22)3/h4-7,11,13,17,19,21H,8-10,12,14-16H2,1-3H3,(H,26,30). The summed E-state index contributed by atoms with van der Waals surface area (Å²) in [5.41, 5.74) is 2.25. The Kier molecular flexibility index (Phi) is 7.04. The van der Waals surface area contributed by atoms with E-state index in [1.54, 1.807) is 16.2 Å². The van der Waals surface area contributed by atoms with Crippen LogP contribution >= 0.6 is 11.3 Å². The molecule has 3 amide bonds. The molecule has 1 fully saturated rings. The number of nitrogens with zero attached hydrogens (tertiary/aromatic N) is 2. The molecular weight excluding hydrogens is 422 g/mol. The molecule has 1 saturated carbocycles. The number of nitrogens with one attached hydrogen (secondary N) is 1. The van der Waals surface area contributed by atoms with Gasteiger partial charge in [0, 0.05) is 24.0 Å². The fourth-order valence-electron chi connectivity index (χ4n) is 4.19. The number of thiophene rings is 1. The second-order valence-electron chi connectivity index (χ2n) is 9.16. The second kappa shape index (κ2) is 9.94. The van der Waals surface area contributed by atoms with Crippen molar-refractivity contribution in [2.75, 3.05) is 26.2 Å². The number of carbonyl (C=O) groups is 2. The summed E-state index contributed by atoms with van der Waals surface area (Å²) in [5, 5.41) is 5.05. The lowest BCUT2D eigenvalue weighted by Crippen LogP contribution is -2.51. The van der Waals surface area contributed by atoms with E-state index in [0.717, 1.165) is 30.6 Å². The van der Waals surface area contributed by atoms with Crippen molar-refractivity contribution in [1.29, 1.82) is 0 Å². The third-order valence-electron chi connectivity index (χ3n) is 6.11. The van der Waals surface area contributed by atoms with Crippen LogP contribution < -0.4 is 10.1 Å². The number of aryl methyl sites for hydroxylation is 1. The zero-order valence-electron chi connectivity index (χ0n) is 19.2. The first-order valence-corrected chi connectivity index (χ1v) is 12.4. The van der Waals surface area contributed by atoms with Gasteiger partial charge in [-0.25, -0.2) is 4.79 Å². The second-order valence-corrected chi connectivity index (χ2v) is 10.2. The van der Waals surface area contributed by atoms with Crippen LogP contribution in [0.1, 0.15) is 48.7 Å². The van der Waals surface area contributed by atoms with Crippen molar-refractivity contribution < 1.29 is 14.3 Å². The summed E-state index contributed by atoms with van der Waals surface area (Å²) in [5.74, 6) is 1.35. The number of fused-ring (bicyclic) bond motifs is 1. The molecule has 2 heterocycles. The number of benzene rings is 1. The SMILES string of the molecule is Cc1ccccc1OCC1c2ccsc2CCN1C(=O)CN(CC1CC1)C(=O)NC(C)C. The number of hydrogen-bond acceptors (Lipinski definition) is 4. The summed E-state index contributed by atoms with van der Waals surface area (Å²) in [6.07, 6.45) is 3.11. The topological polar surface area (TPSA) is 61.9 Å². The quantitative estimate of drug-likeness (QED) is 0.642. The van der Waals surface area contributed by atoms with Crippen LogP contribution in [-0.4, -0.2) is 54.0 Å². The molecule has 2 aliphatic rings. The Hall–Kier alpha value is -2.54. The monoisotopic (exact) mass is 455 g/mol. The van der Waals surface area contributed by atoms with Crippen molar-refractivity contribution in [1.82, 2.24) is 15.1 Å². The number of para-hydroxylation sites is 1. The fourth-order valence-corrected chi connectivity index (χ4v) is 5.11.